The van der Waals surface area contributed by atoms with Crippen molar-refractivity contribution >= 4 is 11.6 Å². The highest BCUT2D eigenvalue weighted by Gasteiger charge is 2.60. The van der Waals surface area contributed by atoms with E-state index in [0.717, 1.165) is 5.92 Å². The number of fused-ring (bicyclic) bond motifs is 2. The molecule has 1 N–H and O–H groups in total. The van der Waals surface area contributed by atoms with Gasteiger partial charge < -0.3 is 10.2 Å². The van der Waals surface area contributed by atoms with E-state index >= 15 is 0 Å². The number of nitrogens with one attached hydrogen (secondary N) is 1. The third kappa shape index (κ3) is 3.28. The molecule has 0 radical (unpaired) electrons. The summed E-state index contributed by atoms with van der Waals surface area (Å²) in [7, 11) is 0. The van der Waals surface area contributed by atoms with Crippen molar-refractivity contribution in [3.05, 3.63) is 30.3 Å². The van der Waals surface area contributed by atoms with Crippen LogP contribution in [0.2, 0.25) is 0 Å². The molecule has 0 heterocycles. The van der Waals surface area contributed by atoms with Gasteiger partial charge in [-0.2, -0.15) is 0 Å². The van der Waals surface area contributed by atoms with Crippen molar-refractivity contribution < 1.29 is 4.79 Å². The van der Waals surface area contributed by atoms with Gasteiger partial charge in [-0.05, 0) is 68.4 Å². The average Bonchev–Trinajstić information content (AvgIpc) is 3.24. The Morgan fingerprint density at radius 1 is 1.00 bits per heavy atom. The number of carbonyl (C=O) groups is 1. The van der Waals surface area contributed by atoms with E-state index < -0.39 is 0 Å². The standard InChI is InChI=1S/C24H36N2O/c1-23(2)18-14-15-19(16-18)24(23,3)25-22(27)17-26(20-10-6-4-7-11-20)21-12-8-5-9-13-21/h4,6-7,10-11,18-19,21H,5,8-9,12-17H2,1-3H3,(H,25,27). The van der Waals surface area contributed by atoms with E-state index in [1.807, 2.05) is 0 Å². The lowest BCUT2D eigenvalue weighted by Gasteiger charge is -2.48. The second-order valence-electron chi connectivity index (χ2n) is 9.93. The third-order valence-electron chi connectivity index (χ3n) is 8.42. The van der Waals surface area contributed by atoms with Crippen LogP contribution in [0.5, 0.6) is 0 Å². The third-order valence-corrected chi connectivity index (χ3v) is 8.42. The molecule has 3 aliphatic carbocycles. The van der Waals surface area contributed by atoms with Crippen LogP contribution in [0.4, 0.5) is 5.69 Å². The number of para-hydroxylation sites is 1. The highest BCUT2D eigenvalue weighted by molar-refractivity contribution is 5.82. The van der Waals surface area contributed by atoms with Gasteiger partial charge in [0.05, 0.1) is 6.54 Å². The zero-order valence-corrected chi connectivity index (χ0v) is 17.3. The fourth-order valence-electron chi connectivity index (χ4n) is 6.30. The number of anilines is 1. The van der Waals surface area contributed by atoms with Gasteiger partial charge >= 0.3 is 0 Å². The fraction of sp³-hybridized carbons (Fsp3) is 0.708. The Morgan fingerprint density at radius 3 is 2.30 bits per heavy atom. The van der Waals surface area contributed by atoms with Crippen LogP contribution >= 0.6 is 0 Å². The van der Waals surface area contributed by atoms with E-state index in [9.17, 15) is 4.79 Å². The van der Waals surface area contributed by atoms with Crippen molar-refractivity contribution in [1.29, 1.82) is 0 Å². The van der Waals surface area contributed by atoms with Crippen LogP contribution in [0.1, 0.15) is 72.1 Å². The van der Waals surface area contributed by atoms with Crippen molar-refractivity contribution in [3.8, 4) is 0 Å². The molecule has 3 saturated carbocycles. The topological polar surface area (TPSA) is 32.3 Å². The summed E-state index contributed by atoms with van der Waals surface area (Å²) >= 11 is 0. The predicted molar refractivity (Wildman–Crippen MR) is 112 cm³/mol. The Bertz CT molecular complexity index is 664. The first-order valence-corrected chi connectivity index (χ1v) is 11.0. The number of hydrogen-bond acceptors (Lipinski definition) is 2. The minimum absolute atomic E-state index is 0.0675. The van der Waals surface area contributed by atoms with Gasteiger partial charge in [-0.3, -0.25) is 4.79 Å². The molecule has 1 aromatic rings. The Balaban J connectivity index is 1.50. The molecule has 0 saturated heterocycles. The molecule has 0 spiro atoms. The second-order valence-corrected chi connectivity index (χ2v) is 9.93. The molecule has 1 aromatic carbocycles. The van der Waals surface area contributed by atoms with E-state index in [4.69, 9.17) is 0 Å². The zero-order chi connectivity index (χ0) is 19.1. The number of nitrogens with zero attached hydrogens (tertiary/aromatic N) is 1. The zero-order valence-electron chi connectivity index (χ0n) is 17.3. The molecule has 3 nitrogen and oxygen atoms in total. The summed E-state index contributed by atoms with van der Waals surface area (Å²) < 4.78 is 0. The average molecular weight is 369 g/mol. The SMILES string of the molecule is CC1(C)C2CCC(C2)C1(C)NC(=O)CN(c1ccccc1)C1CCCCC1. The lowest BCUT2D eigenvalue weighted by atomic mass is 9.64. The molecular formula is C24H36N2O. The largest absolute Gasteiger partial charge is 0.359 e. The van der Waals surface area contributed by atoms with Crippen LogP contribution in [0.3, 0.4) is 0 Å². The highest BCUT2D eigenvalue weighted by atomic mass is 16.2. The lowest BCUT2D eigenvalue weighted by molar-refractivity contribution is -0.124. The number of hydrogen-bond donors (Lipinski definition) is 1. The van der Waals surface area contributed by atoms with Gasteiger partial charge in [0.15, 0.2) is 0 Å². The maximum atomic E-state index is 13.2. The summed E-state index contributed by atoms with van der Waals surface area (Å²) in [5, 5.41) is 3.54. The first-order chi connectivity index (χ1) is 12.9. The van der Waals surface area contributed by atoms with E-state index in [1.165, 1.54) is 57.1 Å². The van der Waals surface area contributed by atoms with Gasteiger partial charge in [-0.1, -0.05) is 51.3 Å². The second kappa shape index (κ2) is 7.14. The van der Waals surface area contributed by atoms with Crippen LogP contribution < -0.4 is 10.2 Å². The number of carbonyl (C=O) groups excluding carboxylic acids is 1. The molecule has 3 unspecified atom stereocenters. The van der Waals surface area contributed by atoms with Crippen molar-refractivity contribution in [2.24, 2.45) is 17.3 Å². The quantitative estimate of drug-likeness (QED) is 0.779. The minimum atomic E-state index is -0.0675. The van der Waals surface area contributed by atoms with Gasteiger partial charge in [0, 0.05) is 17.3 Å². The predicted octanol–water partition coefficient (Wildman–Crippen LogP) is 5.16. The molecule has 4 rings (SSSR count). The van der Waals surface area contributed by atoms with Gasteiger partial charge in [0.1, 0.15) is 0 Å². The summed E-state index contributed by atoms with van der Waals surface area (Å²) in [6, 6.07) is 11.0. The molecule has 148 valence electrons. The Labute approximate surface area is 164 Å². The van der Waals surface area contributed by atoms with Gasteiger partial charge in [-0.15, -0.1) is 0 Å². The molecule has 3 heteroatoms. The first-order valence-electron chi connectivity index (χ1n) is 11.0. The van der Waals surface area contributed by atoms with Crippen molar-refractivity contribution in [2.45, 2.75) is 83.7 Å². The summed E-state index contributed by atoms with van der Waals surface area (Å²) in [5.74, 6) is 1.60. The fourth-order valence-corrected chi connectivity index (χ4v) is 6.30. The van der Waals surface area contributed by atoms with Crippen molar-refractivity contribution in [1.82, 2.24) is 5.32 Å². The van der Waals surface area contributed by atoms with Crippen LogP contribution in [-0.4, -0.2) is 24.0 Å². The maximum Gasteiger partial charge on any atom is 0.239 e. The molecule has 2 bridgehead atoms. The number of rotatable bonds is 5. The molecule has 3 atom stereocenters. The Kier molecular flexibility index (Phi) is 4.98. The van der Waals surface area contributed by atoms with Crippen LogP contribution in [-0.2, 0) is 4.79 Å². The van der Waals surface area contributed by atoms with E-state index in [2.05, 4.69) is 61.3 Å². The van der Waals surface area contributed by atoms with Crippen LogP contribution in [0.15, 0.2) is 30.3 Å². The molecule has 1 amide bonds. The molecule has 3 aliphatic rings. The van der Waals surface area contributed by atoms with Gasteiger partial charge in [0.2, 0.25) is 5.91 Å². The normalized spacial score (nSPS) is 32.4. The van der Waals surface area contributed by atoms with Gasteiger partial charge in [0.25, 0.3) is 0 Å². The van der Waals surface area contributed by atoms with E-state index in [-0.39, 0.29) is 16.9 Å². The van der Waals surface area contributed by atoms with Crippen LogP contribution in [0, 0.1) is 17.3 Å². The number of benzene rings is 1. The van der Waals surface area contributed by atoms with Gasteiger partial charge in [-0.25, -0.2) is 0 Å². The summed E-state index contributed by atoms with van der Waals surface area (Å²) in [6.07, 6.45) is 10.2. The van der Waals surface area contributed by atoms with Crippen LogP contribution in [0.25, 0.3) is 0 Å². The molecule has 0 aromatic heterocycles. The lowest BCUT2D eigenvalue weighted by Crippen LogP contribution is -2.61. The molecule has 27 heavy (non-hydrogen) atoms. The Hall–Kier alpha value is -1.51. The van der Waals surface area contributed by atoms with E-state index in [1.54, 1.807) is 0 Å². The van der Waals surface area contributed by atoms with Crippen molar-refractivity contribution in [2.75, 3.05) is 11.4 Å². The van der Waals surface area contributed by atoms with E-state index in [0.29, 0.717) is 18.5 Å². The van der Waals surface area contributed by atoms with Crippen molar-refractivity contribution in [3.63, 3.8) is 0 Å². The maximum absolute atomic E-state index is 13.2. The highest BCUT2D eigenvalue weighted by Crippen LogP contribution is 2.61. The summed E-state index contributed by atoms with van der Waals surface area (Å²) in [5.41, 5.74) is 1.31. The first kappa shape index (κ1) is 18.8. The molecule has 0 aliphatic heterocycles. The molecule has 3 fully saturated rings. The smallest absolute Gasteiger partial charge is 0.239 e. The minimum Gasteiger partial charge on any atom is -0.359 e. The summed E-state index contributed by atoms with van der Waals surface area (Å²) in [6.45, 7) is 7.53. The number of amides is 1. The Morgan fingerprint density at radius 2 is 1.67 bits per heavy atom. The summed E-state index contributed by atoms with van der Waals surface area (Å²) in [4.78, 5) is 15.6. The molecular weight excluding hydrogens is 332 g/mol. The monoisotopic (exact) mass is 368 g/mol.